The highest BCUT2D eigenvalue weighted by molar-refractivity contribution is 7.19. The quantitative estimate of drug-likeness (QED) is 0.138. The summed E-state index contributed by atoms with van der Waals surface area (Å²) in [5, 5.41) is 37.6. The molecule has 0 amide bonds. The number of para-hydroxylation sites is 1. The number of hydrogen-bond donors (Lipinski definition) is 0. The van der Waals surface area contributed by atoms with Crippen LogP contribution in [-0.4, -0.2) is 12.6 Å². The molecule has 0 aliphatic heterocycles. The van der Waals surface area contributed by atoms with Crippen LogP contribution in [-0.2, 0) is 0 Å². The van der Waals surface area contributed by atoms with Crippen molar-refractivity contribution in [3.8, 4) is 35.0 Å². The van der Waals surface area contributed by atoms with Crippen LogP contribution in [0.1, 0.15) is 16.7 Å². The second kappa shape index (κ2) is 12.6. The molecule has 0 saturated heterocycles. The molecule has 0 spiro atoms. The van der Waals surface area contributed by atoms with Gasteiger partial charge in [0.1, 0.15) is 0 Å². The van der Waals surface area contributed by atoms with Gasteiger partial charge >= 0.3 is 0 Å². The zero-order valence-corrected chi connectivity index (χ0v) is 28.0. The van der Waals surface area contributed by atoms with Crippen LogP contribution >= 0.6 is 0 Å². The molecule has 1 heterocycles. The lowest BCUT2D eigenvalue weighted by Crippen LogP contribution is -2.74. The number of nitrogens with zero attached hydrogens (tertiary/aromatic N) is 4. The summed E-state index contributed by atoms with van der Waals surface area (Å²) in [5.41, 5.74) is 5.79. The Kier molecular flexibility index (Phi) is 7.63. The maximum absolute atomic E-state index is 10.7. The summed E-state index contributed by atoms with van der Waals surface area (Å²) >= 11 is 0. The molecule has 0 fully saturated rings. The summed E-state index contributed by atoms with van der Waals surface area (Å²) < 4.78 is 2.13. The molecule has 8 aromatic rings. The lowest BCUT2D eigenvalue weighted by Gasteiger charge is -2.34. The number of aromatic nitrogens is 1. The number of hydrogen-bond acceptors (Lipinski definition) is 3. The van der Waals surface area contributed by atoms with Crippen LogP contribution in [0, 0.1) is 34.0 Å². The molecule has 50 heavy (non-hydrogen) atoms. The minimum atomic E-state index is -2.84. The molecule has 8 rings (SSSR count). The van der Waals surface area contributed by atoms with E-state index in [9.17, 15) is 15.8 Å². The molecule has 1 aromatic heterocycles. The largest absolute Gasteiger partial charge is 0.309 e. The van der Waals surface area contributed by atoms with Gasteiger partial charge in [-0.2, -0.15) is 15.8 Å². The fraction of sp³-hybridized carbons (Fsp3) is 0. The van der Waals surface area contributed by atoms with Crippen molar-refractivity contribution in [2.45, 2.75) is 0 Å². The van der Waals surface area contributed by atoms with E-state index in [1.165, 1.54) is 15.6 Å². The van der Waals surface area contributed by atoms with E-state index in [1.807, 2.05) is 78.9 Å². The van der Waals surface area contributed by atoms with E-state index in [1.54, 1.807) is 0 Å². The lowest BCUT2D eigenvalue weighted by atomic mass is 9.96. The Morgan fingerprint density at radius 1 is 0.400 bits per heavy atom. The second-order valence-corrected chi connectivity index (χ2v) is 16.1. The Balaban J connectivity index is 1.32. The molecule has 0 atom stereocenters. The maximum Gasteiger partial charge on any atom is 0.179 e. The highest BCUT2D eigenvalue weighted by Gasteiger charge is 2.41. The summed E-state index contributed by atoms with van der Waals surface area (Å²) in [6.45, 7) is 0. The molecule has 0 unspecified atom stereocenters. The predicted octanol–water partition coefficient (Wildman–Crippen LogP) is 7.44. The average Bonchev–Trinajstić information content (AvgIpc) is 3.53. The van der Waals surface area contributed by atoms with E-state index >= 15 is 0 Å². The van der Waals surface area contributed by atoms with Gasteiger partial charge in [-0.05, 0) is 63.2 Å². The van der Waals surface area contributed by atoms with Gasteiger partial charge in [0.25, 0.3) is 0 Å². The van der Waals surface area contributed by atoms with Crippen molar-refractivity contribution >= 4 is 50.6 Å². The van der Waals surface area contributed by atoms with Crippen molar-refractivity contribution in [1.82, 2.24) is 4.57 Å². The molecular formula is C45H28N4Si. The third-order valence-corrected chi connectivity index (χ3v) is 14.4. The molecule has 0 aliphatic rings. The van der Waals surface area contributed by atoms with Crippen molar-refractivity contribution in [3.05, 3.63) is 187 Å². The Hall–Kier alpha value is -6.97. The van der Waals surface area contributed by atoms with Gasteiger partial charge in [-0.25, -0.2) is 0 Å². The van der Waals surface area contributed by atoms with E-state index in [-0.39, 0.29) is 0 Å². The number of benzene rings is 7. The van der Waals surface area contributed by atoms with Gasteiger partial charge in [0.15, 0.2) is 8.07 Å². The van der Waals surface area contributed by atoms with E-state index in [0.29, 0.717) is 22.3 Å². The normalized spacial score (nSPS) is 11.1. The Morgan fingerprint density at radius 2 is 0.920 bits per heavy atom. The summed E-state index contributed by atoms with van der Waals surface area (Å²) in [6.07, 6.45) is 0. The first kappa shape index (κ1) is 30.4. The summed E-state index contributed by atoms with van der Waals surface area (Å²) in [4.78, 5) is 0. The molecule has 7 aromatic carbocycles. The standard InChI is InChI=1S/C45H28N4Si/c46-29-32-20-25-45-43(26-32)42-18-10-11-19-44(42)49(45)35-21-23-40(33(27-35)30-47)41-24-22-39(28-34(41)31-48)50(36-12-4-1-5-13-36,37-14-6-2-7-15-37)38-16-8-3-9-17-38/h1-28H. The van der Waals surface area contributed by atoms with Crippen LogP contribution in [0.25, 0.3) is 38.6 Å². The first-order valence-corrected chi connectivity index (χ1v) is 18.4. The SMILES string of the molecule is N#Cc1ccc2c(c1)c1ccccc1n2-c1ccc(-c2ccc([Si](c3ccccc3)(c3ccccc3)c3ccccc3)cc2C#N)c(C#N)c1. The minimum absolute atomic E-state index is 0.476. The Labute approximate surface area is 291 Å². The van der Waals surface area contributed by atoms with E-state index in [4.69, 9.17) is 0 Å². The number of rotatable bonds is 6. The van der Waals surface area contributed by atoms with Crippen LogP contribution in [0.15, 0.2) is 170 Å². The molecule has 0 bridgehead atoms. The fourth-order valence-electron chi connectivity index (χ4n) is 7.49. The highest BCUT2D eigenvalue weighted by atomic mass is 28.3. The third-order valence-electron chi connectivity index (χ3n) is 9.67. The van der Waals surface area contributed by atoms with Crippen LogP contribution in [0.2, 0.25) is 0 Å². The molecule has 0 saturated carbocycles. The minimum Gasteiger partial charge on any atom is -0.309 e. The van der Waals surface area contributed by atoms with Gasteiger partial charge in [0.05, 0.1) is 45.9 Å². The second-order valence-electron chi connectivity index (χ2n) is 12.3. The van der Waals surface area contributed by atoms with Crippen LogP contribution in [0.3, 0.4) is 0 Å². The topological polar surface area (TPSA) is 76.3 Å². The molecule has 0 radical (unpaired) electrons. The van der Waals surface area contributed by atoms with Crippen LogP contribution in [0.5, 0.6) is 0 Å². The van der Waals surface area contributed by atoms with E-state index in [2.05, 4.69) is 114 Å². The van der Waals surface area contributed by atoms with Crippen molar-refractivity contribution in [3.63, 3.8) is 0 Å². The van der Waals surface area contributed by atoms with Gasteiger partial charge in [-0.1, -0.05) is 127 Å². The molecule has 4 nitrogen and oxygen atoms in total. The molecule has 0 aliphatic carbocycles. The highest BCUT2D eigenvalue weighted by Crippen LogP contribution is 2.35. The van der Waals surface area contributed by atoms with Gasteiger partial charge in [-0.15, -0.1) is 0 Å². The molecule has 0 N–H and O–H groups in total. The third kappa shape index (κ3) is 4.80. The monoisotopic (exact) mass is 652 g/mol. The summed E-state index contributed by atoms with van der Waals surface area (Å²) in [7, 11) is -2.84. The first-order valence-electron chi connectivity index (χ1n) is 16.4. The lowest BCUT2D eigenvalue weighted by molar-refractivity contribution is 1.18. The molecular weight excluding hydrogens is 625 g/mol. The zero-order valence-electron chi connectivity index (χ0n) is 27.0. The van der Waals surface area contributed by atoms with Gasteiger partial charge in [-0.3, -0.25) is 0 Å². The average molecular weight is 653 g/mol. The molecule has 232 valence electrons. The Bertz CT molecular complexity index is 2580. The van der Waals surface area contributed by atoms with Crippen molar-refractivity contribution in [2.75, 3.05) is 0 Å². The molecule has 5 heteroatoms. The van der Waals surface area contributed by atoms with E-state index < -0.39 is 8.07 Å². The van der Waals surface area contributed by atoms with Crippen molar-refractivity contribution in [1.29, 1.82) is 15.8 Å². The van der Waals surface area contributed by atoms with Gasteiger partial charge in [0.2, 0.25) is 0 Å². The summed E-state index contributed by atoms with van der Waals surface area (Å²) in [6, 6.07) is 64.9. The number of nitriles is 3. The Morgan fingerprint density at radius 3 is 1.50 bits per heavy atom. The van der Waals surface area contributed by atoms with Gasteiger partial charge in [0, 0.05) is 27.6 Å². The summed E-state index contributed by atoms with van der Waals surface area (Å²) in [5.74, 6) is 0. The number of fused-ring (bicyclic) bond motifs is 3. The van der Waals surface area contributed by atoms with Crippen molar-refractivity contribution in [2.24, 2.45) is 0 Å². The van der Waals surface area contributed by atoms with Crippen LogP contribution in [0.4, 0.5) is 0 Å². The zero-order chi connectivity index (χ0) is 34.1. The van der Waals surface area contributed by atoms with Crippen LogP contribution < -0.4 is 20.7 Å². The van der Waals surface area contributed by atoms with Crippen molar-refractivity contribution < 1.29 is 0 Å². The predicted molar refractivity (Wildman–Crippen MR) is 204 cm³/mol. The van der Waals surface area contributed by atoms with Gasteiger partial charge < -0.3 is 4.57 Å². The first-order chi connectivity index (χ1) is 24.7. The van der Waals surface area contributed by atoms with E-state index in [0.717, 1.165) is 38.2 Å². The maximum atomic E-state index is 10.7. The smallest absolute Gasteiger partial charge is 0.179 e. The fourth-order valence-corrected chi connectivity index (χ4v) is 12.3.